The summed E-state index contributed by atoms with van der Waals surface area (Å²) in [7, 11) is -1.68. The lowest BCUT2D eigenvalue weighted by atomic mass is 10.1. The van der Waals surface area contributed by atoms with E-state index in [1.807, 2.05) is 75.5 Å². The van der Waals surface area contributed by atoms with Crippen molar-refractivity contribution in [1.29, 1.82) is 0 Å². The van der Waals surface area contributed by atoms with Crippen molar-refractivity contribution < 1.29 is 18.5 Å². The van der Waals surface area contributed by atoms with Crippen LogP contribution in [0.2, 0.25) is 0 Å². The molecule has 0 unspecified atom stereocenters. The maximum atomic E-state index is 12.7. The van der Waals surface area contributed by atoms with Gasteiger partial charge >= 0.3 is 0 Å². The summed E-state index contributed by atoms with van der Waals surface area (Å²) in [4.78, 5) is 14.7. The van der Waals surface area contributed by atoms with Crippen LogP contribution in [0.15, 0.2) is 59.5 Å². The molecule has 2 rings (SSSR count). The molecule has 0 heterocycles. The molecule has 2 aromatic rings. The summed E-state index contributed by atoms with van der Waals surface area (Å²) in [6.45, 7) is 8.45. The maximum absolute atomic E-state index is 12.7. The molecule has 1 amide bonds. The van der Waals surface area contributed by atoms with Crippen molar-refractivity contribution in [2.75, 3.05) is 25.0 Å². The number of nitrogens with zero attached hydrogens (tertiary/aromatic N) is 2. The molecule has 0 fully saturated rings. The summed E-state index contributed by atoms with van der Waals surface area (Å²) in [5.74, 6) is 0.0174. The van der Waals surface area contributed by atoms with Gasteiger partial charge in [-0.05, 0) is 38.1 Å². The Morgan fingerprint density at radius 2 is 1.52 bits per heavy atom. The Morgan fingerprint density at radius 3 is 2.03 bits per heavy atom. The fourth-order valence-electron chi connectivity index (χ4n) is 3.37. The van der Waals surface area contributed by atoms with E-state index in [2.05, 4.69) is 0 Å². The highest BCUT2D eigenvalue weighted by Crippen LogP contribution is 2.18. The Labute approximate surface area is 174 Å². The molecule has 0 aliphatic rings. The Balaban J connectivity index is 2.07. The molecule has 0 saturated carbocycles. The first-order chi connectivity index (χ1) is 13.7. The highest BCUT2D eigenvalue weighted by molar-refractivity contribution is 7.89. The lowest BCUT2D eigenvalue weighted by molar-refractivity contribution is -0.710. The highest BCUT2D eigenvalue weighted by Gasteiger charge is 2.25. The summed E-state index contributed by atoms with van der Waals surface area (Å²) in [5.41, 5.74) is 1.84. The van der Waals surface area contributed by atoms with Gasteiger partial charge in [0, 0.05) is 31.4 Å². The predicted octanol–water partition coefficient (Wildman–Crippen LogP) is 2.39. The Bertz CT molecular complexity index is 895. The van der Waals surface area contributed by atoms with Crippen molar-refractivity contribution in [3.8, 4) is 0 Å². The molecule has 0 aliphatic heterocycles. The zero-order valence-corrected chi connectivity index (χ0v) is 18.7. The van der Waals surface area contributed by atoms with Crippen LogP contribution in [0.4, 0.5) is 5.69 Å². The van der Waals surface area contributed by atoms with Gasteiger partial charge in [-0.15, -0.1) is 0 Å². The molecular formula is C22H32N3O3S+. The second kappa shape index (κ2) is 10.0. The van der Waals surface area contributed by atoms with Crippen molar-refractivity contribution in [1.82, 2.24) is 4.31 Å². The van der Waals surface area contributed by atoms with Gasteiger partial charge in [0.2, 0.25) is 10.0 Å². The van der Waals surface area contributed by atoms with Crippen LogP contribution in [0.5, 0.6) is 0 Å². The molecule has 2 aromatic carbocycles. The molecule has 6 nitrogen and oxygen atoms in total. The molecule has 29 heavy (non-hydrogen) atoms. The molecule has 0 aromatic heterocycles. The lowest BCUT2D eigenvalue weighted by Crippen LogP contribution is -2.92. The van der Waals surface area contributed by atoms with Gasteiger partial charge in [0.1, 0.15) is 6.04 Å². The van der Waals surface area contributed by atoms with Crippen LogP contribution in [0.25, 0.3) is 0 Å². The van der Waals surface area contributed by atoms with Crippen molar-refractivity contribution >= 4 is 21.6 Å². The van der Waals surface area contributed by atoms with Crippen molar-refractivity contribution in [3.63, 3.8) is 0 Å². The first-order valence-corrected chi connectivity index (χ1v) is 11.4. The van der Waals surface area contributed by atoms with E-state index in [-0.39, 0.29) is 18.0 Å². The summed E-state index contributed by atoms with van der Waals surface area (Å²) in [6.07, 6.45) is 0. The Kier molecular flexibility index (Phi) is 7.96. The molecular weight excluding hydrogens is 386 g/mol. The van der Waals surface area contributed by atoms with Gasteiger partial charge in [-0.1, -0.05) is 44.2 Å². The number of benzene rings is 2. The smallest absolute Gasteiger partial charge is 0.284 e. The van der Waals surface area contributed by atoms with Crippen LogP contribution >= 0.6 is 0 Å². The summed E-state index contributed by atoms with van der Waals surface area (Å²) >= 11 is 0. The quantitative estimate of drug-likeness (QED) is 0.679. The number of anilines is 1. The number of quaternary nitrogens is 1. The Morgan fingerprint density at radius 1 is 0.966 bits per heavy atom. The summed E-state index contributed by atoms with van der Waals surface area (Å²) in [5, 5.41) is 2.00. The molecule has 0 bridgehead atoms. The number of hydrogen-bond donors (Lipinski definition) is 1. The van der Waals surface area contributed by atoms with E-state index < -0.39 is 10.0 Å². The maximum Gasteiger partial charge on any atom is 0.284 e. The number of carbonyl (C=O) groups excluding carboxylic acids is 1. The Hall–Kier alpha value is -2.22. The van der Waals surface area contributed by atoms with Gasteiger partial charge in [-0.2, -0.15) is 4.31 Å². The summed E-state index contributed by atoms with van der Waals surface area (Å²) in [6, 6.07) is 16.2. The van der Waals surface area contributed by atoms with Gasteiger partial charge in [0.25, 0.3) is 5.91 Å². The highest BCUT2D eigenvalue weighted by atomic mass is 32.2. The zero-order chi connectivity index (χ0) is 21.6. The standard InChI is InChI=1S/C22H31N3O3S/c1-6-25(7-2)29(27,28)21-15-13-19(14-16-21)17(3)23-18(4)22(26)24(5)20-11-9-8-10-12-20/h8-18,23H,6-7H2,1-5H3/p+1/t17-,18-/m0/s1. The second-order valence-electron chi connectivity index (χ2n) is 7.16. The zero-order valence-electron chi connectivity index (χ0n) is 17.9. The minimum Gasteiger partial charge on any atom is -0.330 e. The molecule has 0 aliphatic carbocycles. The normalized spacial score (nSPS) is 13.9. The monoisotopic (exact) mass is 418 g/mol. The van der Waals surface area contributed by atoms with E-state index >= 15 is 0 Å². The number of nitrogens with two attached hydrogens (primary N) is 1. The molecule has 158 valence electrons. The van der Waals surface area contributed by atoms with Gasteiger partial charge in [0.15, 0.2) is 6.04 Å². The third kappa shape index (κ3) is 5.44. The third-order valence-corrected chi connectivity index (χ3v) is 7.25. The number of likely N-dealkylation sites (N-methyl/N-ethyl adjacent to an activating group) is 1. The number of amides is 1. The van der Waals surface area contributed by atoms with Crippen LogP contribution in [0.3, 0.4) is 0 Å². The molecule has 0 spiro atoms. The van der Waals surface area contributed by atoms with Crippen LogP contribution < -0.4 is 10.2 Å². The number of carbonyl (C=O) groups is 1. The fourth-order valence-corrected chi connectivity index (χ4v) is 4.82. The molecule has 0 radical (unpaired) electrons. The van der Waals surface area contributed by atoms with Crippen molar-refractivity contribution in [2.24, 2.45) is 0 Å². The van der Waals surface area contributed by atoms with Gasteiger partial charge in [-0.3, -0.25) is 4.79 Å². The average molecular weight is 419 g/mol. The fraction of sp³-hybridized carbons (Fsp3) is 0.409. The van der Waals surface area contributed by atoms with Crippen LogP contribution in [0.1, 0.15) is 39.3 Å². The minimum absolute atomic E-state index is 0.0170. The molecule has 7 heteroatoms. The van der Waals surface area contributed by atoms with Crippen molar-refractivity contribution in [3.05, 3.63) is 60.2 Å². The number of sulfonamides is 1. The van der Waals surface area contributed by atoms with Crippen molar-refractivity contribution in [2.45, 2.75) is 44.7 Å². The SMILES string of the molecule is CCN(CC)S(=O)(=O)c1ccc([C@H](C)[NH2+][C@@H](C)C(=O)N(C)c2ccccc2)cc1. The topological polar surface area (TPSA) is 74.3 Å². The largest absolute Gasteiger partial charge is 0.330 e. The second-order valence-corrected chi connectivity index (χ2v) is 9.10. The summed E-state index contributed by atoms with van der Waals surface area (Å²) < 4.78 is 26.7. The molecule has 2 atom stereocenters. The predicted molar refractivity (Wildman–Crippen MR) is 116 cm³/mol. The number of rotatable bonds is 9. The first-order valence-electron chi connectivity index (χ1n) is 10.00. The first kappa shape index (κ1) is 23.1. The van der Waals surface area contributed by atoms with Gasteiger partial charge in [0.05, 0.1) is 4.90 Å². The minimum atomic E-state index is -3.46. The number of hydrogen-bond acceptors (Lipinski definition) is 3. The average Bonchev–Trinajstić information content (AvgIpc) is 2.74. The lowest BCUT2D eigenvalue weighted by Gasteiger charge is -2.23. The van der Waals surface area contributed by atoms with E-state index in [9.17, 15) is 13.2 Å². The van der Waals surface area contributed by atoms with E-state index in [0.717, 1.165) is 11.3 Å². The van der Waals surface area contributed by atoms with E-state index in [4.69, 9.17) is 0 Å². The van der Waals surface area contributed by atoms with E-state index in [1.54, 1.807) is 24.1 Å². The van der Waals surface area contributed by atoms with Crippen LogP contribution in [0, 0.1) is 0 Å². The van der Waals surface area contributed by atoms with Crippen LogP contribution in [-0.4, -0.2) is 44.8 Å². The van der Waals surface area contributed by atoms with Gasteiger partial charge < -0.3 is 10.2 Å². The van der Waals surface area contributed by atoms with Crippen LogP contribution in [-0.2, 0) is 14.8 Å². The number of para-hydroxylation sites is 1. The van der Waals surface area contributed by atoms with E-state index in [1.165, 1.54) is 4.31 Å². The third-order valence-electron chi connectivity index (χ3n) is 5.19. The van der Waals surface area contributed by atoms with E-state index in [0.29, 0.717) is 18.0 Å². The molecule has 2 N–H and O–H groups in total. The molecule has 0 saturated heterocycles. The van der Waals surface area contributed by atoms with Gasteiger partial charge in [-0.25, -0.2) is 8.42 Å².